The number of nitrogens with zero attached hydrogens (tertiary/aromatic N) is 3. The number of aryl methyl sites for hydroxylation is 1. The van der Waals surface area contributed by atoms with Gasteiger partial charge in [0.15, 0.2) is 5.75 Å². The molecule has 0 spiro atoms. The quantitative estimate of drug-likeness (QED) is 0.585. The molecule has 3 rings (SSSR count). The maximum Gasteiger partial charge on any atom is 0.311 e. The lowest BCUT2D eigenvalue weighted by Crippen LogP contribution is -1.99. The second-order valence-electron chi connectivity index (χ2n) is 4.96. The second kappa shape index (κ2) is 5.88. The number of hydrogen-bond acceptors (Lipinski definition) is 6. The molecule has 2 aromatic carbocycles. The third-order valence-corrected chi connectivity index (χ3v) is 3.53. The van der Waals surface area contributed by atoms with Crippen LogP contribution in [0.5, 0.6) is 5.75 Å². The van der Waals surface area contributed by atoms with Crippen LogP contribution >= 0.6 is 0 Å². The average Bonchev–Trinajstić information content (AvgIpc) is 2.55. The van der Waals surface area contributed by atoms with Crippen LogP contribution in [0.1, 0.15) is 5.56 Å². The second-order valence-corrected chi connectivity index (χ2v) is 4.96. The summed E-state index contributed by atoms with van der Waals surface area (Å²) in [6, 6.07) is 10.7. The maximum atomic E-state index is 11.2. The summed E-state index contributed by atoms with van der Waals surface area (Å²) in [7, 11) is 1.39. The van der Waals surface area contributed by atoms with Gasteiger partial charge in [-0.1, -0.05) is 18.2 Å². The Morgan fingerprint density at radius 2 is 2.00 bits per heavy atom. The maximum absolute atomic E-state index is 11.2. The molecule has 0 bridgehead atoms. The lowest BCUT2D eigenvalue weighted by molar-refractivity contribution is -0.385. The van der Waals surface area contributed by atoms with Gasteiger partial charge in [0.2, 0.25) is 0 Å². The number of aromatic nitrogens is 2. The van der Waals surface area contributed by atoms with Crippen molar-refractivity contribution in [3.63, 3.8) is 0 Å². The number of nitro groups is 1. The van der Waals surface area contributed by atoms with Gasteiger partial charge in [-0.25, -0.2) is 9.97 Å². The summed E-state index contributed by atoms with van der Waals surface area (Å²) in [5.74, 6) is 0.679. The van der Waals surface area contributed by atoms with Crippen LogP contribution < -0.4 is 10.1 Å². The topological polar surface area (TPSA) is 90.2 Å². The fourth-order valence-corrected chi connectivity index (χ4v) is 2.32. The monoisotopic (exact) mass is 310 g/mol. The highest BCUT2D eigenvalue weighted by atomic mass is 16.6. The van der Waals surface area contributed by atoms with Crippen molar-refractivity contribution in [2.75, 3.05) is 12.4 Å². The zero-order valence-corrected chi connectivity index (χ0v) is 12.6. The molecule has 0 unspecified atom stereocenters. The predicted molar refractivity (Wildman–Crippen MR) is 87.2 cm³/mol. The first-order valence-electron chi connectivity index (χ1n) is 6.90. The molecule has 23 heavy (non-hydrogen) atoms. The van der Waals surface area contributed by atoms with E-state index in [-0.39, 0.29) is 11.4 Å². The summed E-state index contributed by atoms with van der Waals surface area (Å²) in [6.45, 7) is 1.97. The van der Waals surface area contributed by atoms with E-state index < -0.39 is 4.92 Å². The van der Waals surface area contributed by atoms with Gasteiger partial charge in [-0.05, 0) is 18.6 Å². The van der Waals surface area contributed by atoms with Gasteiger partial charge in [0.25, 0.3) is 0 Å². The van der Waals surface area contributed by atoms with E-state index in [1.165, 1.54) is 25.6 Å². The van der Waals surface area contributed by atoms with E-state index in [2.05, 4.69) is 15.3 Å². The van der Waals surface area contributed by atoms with Crippen molar-refractivity contribution in [3.8, 4) is 5.75 Å². The first-order chi connectivity index (χ1) is 11.1. The Morgan fingerprint density at radius 1 is 1.22 bits per heavy atom. The van der Waals surface area contributed by atoms with Gasteiger partial charge in [0.1, 0.15) is 12.1 Å². The van der Waals surface area contributed by atoms with E-state index in [1.54, 1.807) is 0 Å². The molecule has 116 valence electrons. The Bertz CT molecular complexity index is 896. The fourth-order valence-electron chi connectivity index (χ4n) is 2.32. The minimum absolute atomic E-state index is 0.123. The van der Waals surface area contributed by atoms with E-state index >= 15 is 0 Å². The molecule has 0 atom stereocenters. The molecule has 0 aliphatic carbocycles. The molecule has 0 fully saturated rings. The van der Waals surface area contributed by atoms with Crippen molar-refractivity contribution < 1.29 is 9.66 Å². The van der Waals surface area contributed by atoms with Crippen molar-refractivity contribution in [2.24, 2.45) is 0 Å². The minimum Gasteiger partial charge on any atom is -0.490 e. The molecule has 0 saturated heterocycles. The minimum atomic E-state index is -0.483. The average molecular weight is 310 g/mol. The lowest BCUT2D eigenvalue weighted by atomic mass is 10.1. The zero-order chi connectivity index (χ0) is 16.4. The third-order valence-electron chi connectivity index (χ3n) is 3.53. The molecule has 1 aromatic heterocycles. The van der Waals surface area contributed by atoms with Crippen LogP contribution in [0, 0.1) is 17.0 Å². The first kappa shape index (κ1) is 14.7. The molecule has 1 heterocycles. The Labute approximate surface area is 132 Å². The zero-order valence-electron chi connectivity index (χ0n) is 12.6. The lowest BCUT2D eigenvalue weighted by Gasteiger charge is -2.11. The molecule has 0 amide bonds. The summed E-state index contributed by atoms with van der Waals surface area (Å²) in [4.78, 5) is 19.1. The van der Waals surface area contributed by atoms with Crippen LogP contribution in [0.15, 0.2) is 42.7 Å². The van der Waals surface area contributed by atoms with Crippen molar-refractivity contribution in [1.82, 2.24) is 9.97 Å². The van der Waals surface area contributed by atoms with Gasteiger partial charge < -0.3 is 10.1 Å². The highest BCUT2D eigenvalue weighted by Gasteiger charge is 2.18. The van der Waals surface area contributed by atoms with Crippen LogP contribution in [-0.2, 0) is 0 Å². The summed E-state index contributed by atoms with van der Waals surface area (Å²) in [5.41, 5.74) is 2.37. The predicted octanol–water partition coefficient (Wildman–Crippen LogP) is 3.60. The highest BCUT2D eigenvalue weighted by molar-refractivity contribution is 5.93. The molecule has 0 radical (unpaired) electrons. The smallest absolute Gasteiger partial charge is 0.311 e. The van der Waals surface area contributed by atoms with Gasteiger partial charge in [-0.3, -0.25) is 10.1 Å². The van der Waals surface area contributed by atoms with E-state index in [0.29, 0.717) is 16.7 Å². The van der Waals surface area contributed by atoms with Crippen molar-refractivity contribution >= 4 is 28.1 Å². The molecule has 7 nitrogen and oxygen atoms in total. The Kier molecular flexibility index (Phi) is 3.76. The van der Waals surface area contributed by atoms with Crippen LogP contribution in [0.2, 0.25) is 0 Å². The summed E-state index contributed by atoms with van der Waals surface area (Å²) in [5, 5.41) is 15.0. The van der Waals surface area contributed by atoms with E-state index in [4.69, 9.17) is 4.74 Å². The highest BCUT2D eigenvalue weighted by Crippen LogP contribution is 2.34. The largest absolute Gasteiger partial charge is 0.490 e. The third kappa shape index (κ3) is 2.76. The van der Waals surface area contributed by atoms with Gasteiger partial charge >= 0.3 is 5.69 Å². The van der Waals surface area contributed by atoms with Gasteiger partial charge in [-0.2, -0.15) is 0 Å². The molecular formula is C16H14N4O3. The first-order valence-corrected chi connectivity index (χ1v) is 6.90. The summed E-state index contributed by atoms with van der Waals surface area (Å²) >= 11 is 0. The summed E-state index contributed by atoms with van der Waals surface area (Å²) < 4.78 is 5.07. The molecule has 0 aliphatic rings. The molecule has 1 N–H and O–H groups in total. The molecular weight excluding hydrogens is 296 g/mol. The number of benzene rings is 2. The van der Waals surface area contributed by atoms with E-state index in [0.717, 1.165) is 11.3 Å². The number of nitro benzene ring substituents is 1. The van der Waals surface area contributed by atoms with Gasteiger partial charge in [-0.15, -0.1) is 0 Å². The Balaban J connectivity index is 2.16. The van der Waals surface area contributed by atoms with Crippen LogP contribution in [0.4, 0.5) is 17.2 Å². The van der Waals surface area contributed by atoms with Gasteiger partial charge in [0, 0.05) is 17.8 Å². The Morgan fingerprint density at radius 3 is 2.70 bits per heavy atom. The van der Waals surface area contributed by atoms with Crippen LogP contribution in [-0.4, -0.2) is 22.0 Å². The molecule has 0 aliphatic heterocycles. The van der Waals surface area contributed by atoms with Crippen molar-refractivity contribution in [1.29, 1.82) is 0 Å². The van der Waals surface area contributed by atoms with Crippen molar-refractivity contribution in [3.05, 3.63) is 58.4 Å². The van der Waals surface area contributed by atoms with E-state index in [9.17, 15) is 10.1 Å². The fraction of sp³-hybridized carbons (Fsp3) is 0.125. The number of fused-ring (bicyclic) bond motifs is 1. The van der Waals surface area contributed by atoms with Gasteiger partial charge in [0.05, 0.1) is 22.9 Å². The van der Waals surface area contributed by atoms with Crippen LogP contribution in [0.25, 0.3) is 10.9 Å². The number of ether oxygens (including phenoxy) is 1. The number of nitrogens with one attached hydrogen (secondary N) is 1. The van der Waals surface area contributed by atoms with Crippen LogP contribution in [0.3, 0.4) is 0 Å². The number of hydrogen-bond donors (Lipinski definition) is 1. The molecule has 3 aromatic rings. The van der Waals surface area contributed by atoms with Crippen molar-refractivity contribution in [2.45, 2.75) is 6.92 Å². The normalized spacial score (nSPS) is 10.5. The van der Waals surface area contributed by atoms with E-state index in [1.807, 2.05) is 31.2 Å². The molecule has 0 saturated carbocycles. The Hall–Kier alpha value is -3.22. The number of para-hydroxylation sites is 1. The standard InChI is InChI=1S/C16H14N4O3/c1-10-5-3-4-6-12(10)19-16-11-7-14(20(21)22)15(23-2)8-13(11)17-9-18-16/h3-9H,1-2H3,(H,17,18,19). The number of methoxy groups -OCH3 is 1. The SMILES string of the molecule is COc1cc2ncnc(Nc3ccccc3C)c2cc1[N+](=O)[O-]. The number of rotatable bonds is 4. The number of anilines is 2. The molecule has 7 heteroatoms. The summed E-state index contributed by atoms with van der Waals surface area (Å²) in [6.07, 6.45) is 1.41.